The van der Waals surface area contributed by atoms with Crippen molar-refractivity contribution in [1.82, 2.24) is 0 Å². The summed E-state index contributed by atoms with van der Waals surface area (Å²) in [6.45, 7) is 0. The number of carbonyl (C=O) groups excluding carboxylic acids is 1. The molecule has 0 radical (unpaired) electrons. The van der Waals surface area contributed by atoms with Gasteiger partial charge in [0.25, 0.3) is 4.82 Å². The first kappa shape index (κ1) is 11.8. The number of benzene rings is 1. The van der Waals surface area contributed by atoms with Gasteiger partial charge >= 0.3 is 6.36 Å². The smallest absolute Gasteiger partial charge is 0.404 e. The number of alkyl halides is 3. The molecule has 0 unspecified atom stereocenters. The fourth-order valence-corrected chi connectivity index (χ4v) is 1.10. The molecule has 7 heteroatoms. The summed E-state index contributed by atoms with van der Waals surface area (Å²) in [5.41, 5.74) is -0.0586. The highest BCUT2D eigenvalue weighted by molar-refractivity contribution is 9.18. The number of hydrogen-bond acceptors (Lipinski definition) is 2. The molecule has 0 atom stereocenters. The third-order valence-corrected chi connectivity index (χ3v) is 1.54. The van der Waals surface area contributed by atoms with E-state index in [9.17, 15) is 18.0 Å². The van der Waals surface area contributed by atoms with Crippen LogP contribution in [0, 0.1) is 0 Å². The van der Waals surface area contributed by atoms with Crippen molar-refractivity contribution in [3.05, 3.63) is 24.3 Å². The monoisotopic (exact) mass is 283 g/mol. The van der Waals surface area contributed by atoms with E-state index < -0.39 is 16.9 Å². The van der Waals surface area contributed by atoms with Gasteiger partial charge < -0.3 is 10.1 Å². The van der Waals surface area contributed by atoms with Gasteiger partial charge in [0.15, 0.2) is 5.75 Å². The second-order valence-electron chi connectivity index (χ2n) is 2.44. The molecule has 0 aliphatic carbocycles. The topological polar surface area (TPSA) is 38.3 Å². The van der Waals surface area contributed by atoms with Crippen molar-refractivity contribution in [1.29, 1.82) is 0 Å². The van der Waals surface area contributed by atoms with Gasteiger partial charge in [0.2, 0.25) is 0 Å². The van der Waals surface area contributed by atoms with Crippen molar-refractivity contribution in [3.63, 3.8) is 0 Å². The third-order valence-electron chi connectivity index (χ3n) is 1.35. The molecular weight excluding hydrogens is 279 g/mol. The molecule has 15 heavy (non-hydrogen) atoms. The van der Waals surface area contributed by atoms with E-state index in [1.807, 2.05) is 0 Å². The summed E-state index contributed by atoms with van der Waals surface area (Å²) in [5, 5.41) is 2.15. The Morgan fingerprint density at radius 3 is 2.47 bits per heavy atom. The minimum absolute atomic E-state index is 0.0586. The summed E-state index contributed by atoms with van der Waals surface area (Å²) in [4.78, 5) is 9.95. The number of para-hydroxylation sites is 2. The molecule has 1 rings (SSSR count). The molecular formula is C8H5BrF3NO2. The van der Waals surface area contributed by atoms with E-state index in [4.69, 9.17) is 0 Å². The van der Waals surface area contributed by atoms with E-state index in [2.05, 4.69) is 26.0 Å². The minimum atomic E-state index is -4.78. The van der Waals surface area contributed by atoms with Gasteiger partial charge in [-0.3, -0.25) is 4.79 Å². The molecule has 0 fully saturated rings. The highest BCUT2D eigenvalue weighted by Crippen LogP contribution is 2.30. The van der Waals surface area contributed by atoms with Crippen LogP contribution in [-0.2, 0) is 0 Å². The van der Waals surface area contributed by atoms with Crippen molar-refractivity contribution in [3.8, 4) is 5.75 Å². The predicted octanol–water partition coefficient (Wildman–Crippen LogP) is 3.51. The van der Waals surface area contributed by atoms with E-state index in [1.165, 1.54) is 18.2 Å². The summed E-state index contributed by atoms with van der Waals surface area (Å²) in [5.74, 6) is -0.460. The fraction of sp³-hybridized carbons (Fsp3) is 0.125. The highest BCUT2D eigenvalue weighted by Gasteiger charge is 2.32. The van der Waals surface area contributed by atoms with Crippen LogP contribution in [0.4, 0.5) is 23.7 Å². The maximum atomic E-state index is 11.9. The number of ether oxygens (including phenoxy) is 1. The van der Waals surface area contributed by atoms with Crippen LogP contribution in [0.1, 0.15) is 0 Å². The quantitative estimate of drug-likeness (QED) is 0.666. The van der Waals surface area contributed by atoms with Crippen LogP contribution >= 0.6 is 15.9 Å². The molecule has 3 nitrogen and oxygen atoms in total. The lowest BCUT2D eigenvalue weighted by Gasteiger charge is -2.12. The lowest BCUT2D eigenvalue weighted by Crippen LogP contribution is -2.18. The van der Waals surface area contributed by atoms with E-state index in [0.29, 0.717) is 0 Å². The molecule has 1 N–H and O–H groups in total. The van der Waals surface area contributed by atoms with Gasteiger partial charge in [0.05, 0.1) is 5.69 Å². The Bertz CT molecular complexity index is 367. The van der Waals surface area contributed by atoms with Crippen molar-refractivity contribution in [2.75, 3.05) is 5.32 Å². The Balaban J connectivity index is 2.91. The Kier molecular flexibility index (Phi) is 3.57. The van der Waals surface area contributed by atoms with Crippen LogP contribution in [0.3, 0.4) is 0 Å². The van der Waals surface area contributed by atoms with Crippen molar-refractivity contribution in [2.24, 2.45) is 0 Å². The highest BCUT2D eigenvalue weighted by atomic mass is 79.9. The van der Waals surface area contributed by atoms with E-state index >= 15 is 0 Å². The van der Waals surface area contributed by atoms with Gasteiger partial charge in [-0.1, -0.05) is 12.1 Å². The number of hydrogen-bond donors (Lipinski definition) is 1. The van der Waals surface area contributed by atoms with Gasteiger partial charge in [-0.15, -0.1) is 13.2 Å². The molecule has 0 aromatic heterocycles. The summed E-state index contributed by atoms with van der Waals surface area (Å²) >= 11 is 2.54. The van der Waals surface area contributed by atoms with E-state index in [-0.39, 0.29) is 5.69 Å². The molecule has 1 aromatic rings. The number of carbonyl (C=O) groups is 1. The van der Waals surface area contributed by atoms with Crippen molar-refractivity contribution in [2.45, 2.75) is 6.36 Å². The zero-order chi connectivity index (χ0) is 11.5. The second-order valence-corrected chi connectivity index (χ2v) is 3.16. The number of nitrogens with one attached hydrogen (secondary N) is 1. The first-order valence-electron chi connectivity index (χ1n) is 3.70. The zero-order valence-corrected chi connectivity index (χ0v) is 8.72. The summed E-state index contributed by atoms with van der Waals surface area (Å²) in [7, 11) is 0. The minimum Gasteiger partial charge on any atom is -0.404 e. The molecule has 0 heterocycles. The molecule has 0 saturated carbocycles. The Labute approximate surface area is 91.4 Å². The normalized spacial score (nSPS) is 10.9. The summed E-state index contributed by atoms with van der Waals surface area (Å²) in [6.07, 6.45) is -4.78. The van der Waals surface area contributed by atoms with Crippen LogP contribution in [0.15, 0.2) is 24.3 Å². The third kappa shape index (κ3) is 4.20. The lowest BCUT2D eigenvalue weighted by atomic mass is 10.3. The molecule has 0 aliphatic heterocycles. The first-order chi connectivity index (χ1) is 6.88. The van der Waals surface area contributed by atoms with Gasteiger partial charge in [-0.25, -0.2) is 0 Å². The van der Waals surface area contributed by atoms with Gasteiger partial charge in [0.1, 0.15) is 0 Å². The van der Waals surface area contributed by atoms with Gasteiger partial charge in [-0.2, -0.15) is 0 Å². The van der Waals surface area contributed by atoms with E-state index in [1.54, 1.807) is 0 Å². The van der Waals surface area contributed by atoms with Crippen molar-refractivity contribution >= 4 is 26.4 Å². The Hall–Kier alpha value is -1.24. The summed E-state index contributed by atoms with van der Waals surface area (Å²) < 4.78 is 39.4. The molecule has 0 bridgehead atoms. The predicted molar refractivity (Wildman–Crippen MR) is 51.1 cm³/mol. The van der Waals surface area contributed by atoms with Crippen LogP contribution in [0.25, 0.3) is 0 Å². The lowest BCUT2D eigenvalue weighted by molar-refractivity contribution is -0.274. The number of anilines is 1. The molecule has 1 amide bonds. The van der Waals surface area contributed by atoms with Gasteiger partial charge in [-0.05, 0) is 12.1 Å². The summed E-state index contributed by atoms with van der Waals surface area (Å²) in [6, 6.07) is 5.23. The van der Waals surface area contributed by atoms with Crippen LogP contribution in [0.5, 0.6) is 5.75 Å². The SMILES string of the molecule is O=C(Br)Nc1ccccc1OC(F)(F)F. The van der Waals surface area contributed by atoms with Crippen LogP contribution in [0.2, 0.25) is 0 Å². The maximum absolute atomic E-state index is 11.9. The Morgan fingerprint density at radius 2 is 1.93 bits per heavy atom. The largest absolute Gasteiger partial charge is 0.573 e. The average molecular weight is 284 g/mol. The number of halogens is 4. The average Bonchev–Trinajstić information content (AvgIpc) is 2.05. The number of amides is 1. The molecule has 0 saturated heterocycles. The van der Waals surface area contributed by atoms with E-state index in [0.717, 1.165) is 6.07 Å². The number of rotatable bonds is 2. The molecule has 0 aliphatic rings. The standard InChI is InChI=1S/C8H5BrF3NO2/c9-7(14)13-5-3-1-2-4-6(5)15-8(10,11)12/h1-4H,(H,13,14). The second kappa shape index (κ2) is 4.52. The molecule has 0 spiro atoms. The van der Waals surface area contributed by atoms with Crippen LogP contribution < -0.4 is 10.1 Å². The Morgan fingerprint density at radius 1 is 1.33 bits per heavy atom. The van der Waals surface area contributed by atoms with Crippen molar-refractivity contribution < 1.29 is 22.7 Å². The molecule has 1 aromatic carbocycles. The zero-order valence-electron chi connectivity index (χ0n) is 7.14. The maximum Gasteiger partial charge on any atom is 0.573 e. The fourth-order valence-electron chi connectivity index (χ4n) is 0.889. The van der Waals surface area contributed by atoms with Gasteiger partial charge in [0, 0.05) is 15.9 Å². The van der Waals surface area contributed by atoms with Crippen LogP contribution in [-0.4, -0.2) is 11.2 Å². The molecule has 82 valence electrons. The first-order valence-corrected chi connectivity index (χ1v) is 4.49.